The fourth-order valence-electron chi connectivity index (χ4n) is 2.73. The number of carbonyl (C=O) groups excluding carboxylic acids is 1. The predicted molar refractivity (Wildman–Crippen MR) is 103 cm³/mol. The number of allylic oxidation sites excluding steroid dienone is 1. The van der Waals surface area contributed by atoms with Crippen molar-refractivity contribution in [3.05, 3.63) is 76.9 Å². The third-order valence-electron chi connectivity index (χ3n) is 4.23. The van der Waals surface area contributed by atoms with Crippen molar-refractivity contribution in [2.45, 2.75) is 6.54 Å². The number of rotatable bonds is 4. The fraction of sp³-hybridized carbons (Fsp3) is 0.227. The molecule has 2 N–H and O–H groups in total. The number of carbonyl (C=O) groups is 1. The summed E-state index contributed by atoms with van der Waals surface area (Å²) in [4.78, 5) is 13.4. The SMILES string of the molecule is NC(=O)c1ccc(C#C/C=C/c2ccc(CN3CCOCC3)cc2)cc1. The molecular weight excluding hydrogens is 324 g/mol. The zero-order valence-corrected chi connectivity index (χ0v) is 14.7. The normalized spacial score (nSPS) is 14.8. The first-order valence-electron chi connectivity index (χ1n) is 8.68. The van der Waals surface area contributed by atoms with E-state index in [0.717, 1.165) is 44.0 Å². The largest absolute Gasteiger partial charge is 0.379 e. The highest BCUT2D eigenvalue weighted by Gasteiger charge is 2.10. The van der Waals surface area contributed by atoms with Crippen LogP contribution in [0.25, 0.3) is 6.08 Å². The molecule has 4 nitrogen and oxygen atoms in total. The monoisotopic (exact) mass is 346 g/mol. The number of nitrogens with zero attached hydrogens (tertiary/aromatic N) is 1. The highest BCUT2D eigenvalue weighted by atomic mass is 16.5. The summed E-state index contributed by atoms with van der Waals surface area (Å²) in [6, 6.07) is 15.5. The number of morpholine rings is 1. The van der Waals surface area contributed by atoms with Crippen LogP contribution >= 0.6 is 0 Å². The number of primary amides is 1. The Bertz CT molecular complexity index is 821. The van der Waals surface area contributed by atoms with Gasteiger partial charge in [-0.25, -0.2) is 0 Å². The number of hydrogen-bond acceptors (Lipinski definition) is 3. The summed E-state index contributed by atoms with van der Waals surface area (Å²) in [6.07, 6.45) is 3.82. The summed E-state index contributed by atoms with van der Waals surface area (Å²) in [5.41, 5.74) is 8.98. The van der Waals surface area contributed by atoms with Crippen molar-refractivity contribution in [3.63, 3.8) is 0 Å². The van der Waals surface area contributed by atoms with Crippen molar-refractivity contribution < 1.29 is 9.53 Å². The first-order valence-corrected chi connectivity index (χ1v) is 8.68. The lowest BCUT2D eigenvalue weighted by Crippen LogP contribution is -2.35. The second-order valence-corrected chi connectivity index (χ2v) is 6.17. The van der Waals surface area contributed by atoms with Gasteiger partial charge in [-0.05, 0) is 47.5 Å². The fourth-order valence-corrected chi connectivity index (χ4v) is 2.73. The number of benzene rings is 2. The van der Waals surface area contributed by atoms with Crippen molar-refractivity contribution in [2.24, 2.45) is 5.73 Å². The first-order chi connectivity index (χ1) is 12.7. The van der Waals surface area contributed by atoms with Crippen LogP contribution in [-0.4, -0.2) is 37.1 Å². The summed E-state index contributed by atoms with van der Waals surface area (Å²) in [5.74, 6) is 5.62. The van der Waals surface area contributed by atoms with E-state index >= 15 is 0 Å². The zero-order valence-electron chi connectivity index (χ0n) is 14.7. The summed E-state index contributed by atoms with van der Waals surface area (Å²) in [5, 5.41) is 0. The van der Waals surface area contributed by atoms with Gasteiger partial charge in [-0.3, -0.25) is 9.69 Å². The van der Waals surface area contributed by atoms with Crippen LogP contribution in [0.4, 0.5) is 0 Å². The molecule has 2 aromatic rings. The third kappa shape index (κ3) is 5.32. The van der Waals surface area contributed by atoms with Crippen molar-refractivity contribution >= 4 is 12.0 Å². The quantitative estimate of drug-likeness (QED) is 0.866. The Morgan fingerprint density at radius 1 is 1.08 bits per heavy atom. The Balaban J connectivity index is 1.54. The van der Waals surface area contributed by atoms with Crippen molar-refractivity contribution in [1.29, 1.82) is 0 Å². The van der Waals surface area contributed by atoms with Gasteiger partial charge in [0.25, 0.3) is 0 Å². The van der Waals surface area contributed by atoms with Gasteiger partial charge in [0.2, 0.25) is 5.91 Å². The molecule has 0 aliphatic carbocycles. The molecule has 0 bridgehead atoms. The van der Waals surface area contributed by atoms with Crippen LogP contribution < -0.4 is 5.73 Å². The Morgan fingerprint density at radius 3 is 2.42 bits per heavy atom. The van der Waals surface area contributed by atoms with Crippen LogP contribution in [0.15, 0.2) is 54.6 Å². The van der Waals surface area contributed by atoms with Crippen LogP contribution in [0.1, 0.15) is 27.0 Å². The second-order valence-electron chi connectivity index (χ2n) is 6.17. The standard InChI is InChI=1S/C22H22N2O2/c23-22(25)21-11-9-19(10-12-21)4-2-1-3-18-5-7-20(8-6-18)17-24-13-15-26-16-14-24/h1,3,5-12H,13-17H2,(H2,23,25)/b3-1+. The molecule has 132 valence electrons. The molecule has 0 unspecified atom stereocenters. The molecule has 2 aromatic carbocycles. The van der Waals surface area contributed by atoms with Crippen LogP contribution in [0.3, 0.4) is 0 Å². The van der Waals surface area contributed by atoms with E-state index in [9.17, 15) is 4.79 Å². The van der Waals surface area contributed by atoms with Crippen LogP contribution in [-0.2, 0) is 11.3 Å². The lowest BCUT2D eigenvalue weighted by molar-refractivity contribution is 0.0342. The summed E-state index contributed by atoms with van der Waals surface area (Å²) in [7, 11) is 0. The van der Waals surface area contributed by atoms with Crippen LogP contribution in [0, 0.1) is 11.8 Å². The van der Waals surface area contributed by atoms with Gasteiger partial charge in [0, 0.05) is 30.8 Å². The van der Waals surface area contributed by atoms with Gasteiger partial charge in [0.1, 0.15) is 0 Å². The molecule has 0 saturated carbocycles. The maximum atomic E-state index is 11.0. The molecule has 1 saturated heterocycles. The highest BCUT2D eigenvalue weighted by molar-refractivity contribution is 5.92. The molecule has 1 fully saturated rings. The number of amides is 1. The van der Waals surface area contributed by atoms with E-state index in [-0.39, 0.29) is 0 Å². The van der Waals surface area contributed by atoms with Gasteiger partial charge in [-0.2, -0.15) is 0 Å². The van der Waals surface area contributed by atoms with E-state index < -0.39 is 5.91 Å². The van der Waals surface area contributed by atoms with E-state index in [1.165, 1.54) is 5.56 Å². The lowest BCUT2D eigenvalue weighted by atomic mass is 10.1. The average Bonchev–Trinajstić information content (AvgIpc) is 2.68. The molecule has 1 heterocycles. The van der Waals surface area contributed by atoms with E-state index in [2.05, 4.69) is 41.0 Å². The summed E-state index contributed by atoms with van der Waals surface area (Å²) >= 11 is 0. The van der Waals surface area contributed by atoms with Crippen molar-refractivity contribution in [1.82, 2.24) is 4.90 Å². The Hall–Kier alpha value is -2.87. The van der Waals surface area contributed by atoms with E-state index in [4.69, 9.17) is 10.5 Å². The number of nitrogens with two attached hydrogens (primary N) is 1. The molecule has 3 rings (SSSR count). The van der Waals surface area contributed by atoms with Crippen molar-refractivity contribution in [3.8, 4) is 11.8 Å². The predicted octanol–water partition coefficient (Wildman–Crippen LogP) is 2.68. The minimum atomic E-state index is -0.429. The Labute approximate surface area is 154 Å². The summed E-state index contributed by atoms with van der Waals surface area (Å²) in [6.45, 7) is 4.61. The van der Waals surface area contributed by atoms with E-state index in [1.807, 2.05) is 12.2 Å². The maximum absolute atomic E-state index is 11.0. The topological polar surface area (TPSA) is 55.6 Å². The molecule has 4 heteroatoms. The van der Waals surface area contributed by atoms with Crippen molar-refractivity contribution in [2.75, 3.05) is 26.3 Å². The molecular formula is C22H22N2O2. The third-order valence-corrected chi connectivity index (χ3v) is 4.23. The second kappa shape index (κ2) is 9.00. The number of ether oxygens (including phenoxy) is 1. The molecule has 0 aromatic heterocycles. The minimum absolute atomic E-state index is 0.429. The van der Waals surface area contributed by atoms with Gasteiger partial charge < -0.3 is 10.5 Å². The van der Waals surface area contributed by atoms with Gasteiger partial charge in [0.15, 0.2) is 0 Å². The number of hydrogen-bond donors (Lipinski definition) is 1. The van der Waals surface area contributed by atoms with Gasteiger partial charge in [-0.1, -0.05) is 36.1 Å². The maximum Gasteiger partial charge on any atom is 0.248 e. The molecule has 1 aliphatic rings. The van der Waals surface area contributed by atoms with E-state index in [1.54, 1.807) is 24.3 Å². The van der Waals surface area contributed by atoms with Gasteiger partial charge >= 0.3 is 0 Å². The van der Waals surface area contributed by atoms with E-state index in [0.29, 0.717) is 5.56 Å². The highest BCUT2D eigenvalue weighted by Crippen LogP contribution is 2.10. The molecule has 26 heavy (non-hydrogen) atoms. The molecule has 1 aliphatic heterocycles. The van der Waals surface area contributed by atoms with Crippen LogP contribution in [0.2, 0.25) is 0 Å². The Morgan fingerprint density at radius 2 is 1.77 bits per heavy atom. The zero-order chi connectivity index (χ0) is 18.2. The molecule has 1 amide bonds. The minimum Gasteiger partial charge on any atom is -0.379 e. The lowest BCUT2D eigenvalue weighted by Gasteiger charge is -2.26. The average molecular weight is 346 g/mol. The first kappa shape index (κ1) is 17.9. The summed E-state index contributed by atoms with van der Waals surface area (Å²) < 4.78 is 5.38. The van der Waals surface area contributed by atoms with Crippen LogP contribution in [0.5, 0.6) is 0 Å². The smallest absolute Gasteiger partial charge is 0.248 e. The van der Waals surface area contributed by atoms with Gasteiger partial charge in [0.05, 0.1) is 13.2 Å². The van der Waals surface area contributed by atoms with Gasteiger partial charge in [-0.15, -0.1) is 0 Å². The molecule has 0 atom stereocenters. The Kier molecular flexibility index (Phi) is 6.21. The molecule has 0 spiro atoms. The molecule has 0 radical (unpaired) electrons.